The number of alkyl carbamates (subject to hydrolysis) is 1. The molecule has 6 unspecified atom stereocenters. The van der Waals surface area contributed by atoms with E-state index in [2.05, 4.69) is 39.0 Å². The highest BCUT2D eigenvalue weighted by atomic mass is 33.1. The molecule has 294 valence electrons. The number of aromatic nitrogens is 2. The summed E-state index contributed by atoms with van der Waals surface area (Å²) in [5.74, 6) is 10.8. The van der Waals surface area contributed by atoms with Gasteiger partial charge in [-0.2, -0.15) is 0 Å². The van der Waals surface area contributed by atoms with E-state index in [4.69, 9.17) is 41.3 Å². The molecule has 17 heteroatoms. The standard InChI is InChI=1S/C39H39N3O10S4/c1-20-39(55-4,35(46)33-32-22(14-16-40-33)25-18-21(43)12-13-26(25)41-32)36(47)34(49-2)37(51-20)52-29-11-9-7-6-8-10-24-30(29)23(15-17-56(5,53)54)27(44)19-28(45)31(24)42-38(48)50-3/h6-7,12-16,18,20,27,29,31,34,36-37,41,43-44,47H,17,19H2,1-5H3,(H,42,48)/b7-6-,23-15-/t20?,27-,29-,31?,34?,36?,37?,39?/m0/s1. The number of thioether (sulfide) groups is 1. The van der Waals surface area contributed by atoms with Crippen molar-refractivity contribution in [2.45, 2.75) is 60.9 Å². The fourth-order valence-corrected chi connectivity index (χ4v) is 9.12. The highest BCUT2D eigenvalue weighted by molar-refractivity contribution is 8.56. The Balaban J connectivity index is 1.45. The van der Waals surface area contributed by atoms with Gasteiger partial charge in [-0.15, -0.1) is 11.8 Å². The first kappa shape index (κ1) is 41.5. The second-order valence-corrected chi connectivity index (χ2v) is 21.6. The van der Waals surface area contributed by atoms with E-state index in [9.17, 15) is 29.7 Å². The van der Waals surface area contributed by atoms with Gasteiger partial charge in [0, 0.05) is 52.9 Å². The summed E-state index contributed by atoms with van der Waals surface area (Å²) >= 11 is 12.1. The molecule has 1 saturated heterocycles. The molecule has 1 fully saturated rings. The average molecular weight is 838 g/mol. The van der Waals surface area contributed by atoms with Crippen molar-refractivity contribution in [3.05, 3.63) is 71.1 Å². The van der Waals surface area contributed by atoms with E-state index in [0.29, 0.717) is 21.8 Å². The maximum atomic E-state index is 14.8. The van der Waals surface area contributed by atoms with Crippen molar-refractivity contribution >= 4 is 80.8 Å². The van der Waals surface area contributed by atoms with E-state index in [0.717, 1.165) is 18.9 Å². The number of carbonyl (C=O) groups excluding carboxylic acids is 3. The van der Waals surface area contributed by atoms with Crippen molar-refractivity contribution in [2.75, 3.05) is 32.5 Å². The lowest BCUT2D eigenvalue weighted by Crippen LogP contribution is -2.68. The van der Waals surface area contributed by atoms with Crippen molar-refractivity contribution in [3.63, 3.8) is 0 Å². The van der Waals surface area contributed by atoms with Gasteiger partial charge >= 0.3 is 6.09 Å². The first-order chi connectivity index (χ1) is 26.6. The minimum absolute atomic E-state index is 0.0483. The largest absolute Gasteiger partial charge is 0.508 e. The Bertz CT molecular complexity index is 2440. The van der Waals surface area contributed by atoms with Crippen molar-refractivity contribution in [1.29, 1.82) is 0 Å². The number of hydrogen-bond donors (Lipinski definition) is 5. The number of phenolic OH excluding ortho intramolecular Hbond substituents is 1. The minimum atomic E-state index is -1.99. The number of pyridine rings is 1. The molecule has 0 saturated carbocycles. The third-order valence-corrected chi connectivity index (χ3v) is 12.9. The number of ether oxygens (including phenoxy) is 4. The molecule has 3 aromatic rings. The van der Waals surface area contributed by atoms with Gasteiger partial charge in [0.25, 0.3) is 0 Å². The fourth-order valence-electron chi connectivity index (χ4n) is 7.18. The molecule has 1 aromatic carbocycles. The van der Waals surface area contributed by atoms with Crippen molar-refractivity contribution < 1.29 is 48.7 Å². The summed E-state index contributed by atoms with van der Waals surface area (Å²) in [5, 5.41) is 37.9. The third-order valence-electron chi connectivity index (χ3n) is 9.87. The van der Waals surface area contributed by atoms with Crippen LogP contribution in [0.1, 0.15) is 23.8 Å². The van der Waals surface area contributed by atoms with E-state index >= 15 is 0 Å². The SMILES string of the molecule is COC(=O)NC1C(=O)C[C@H](O)/C(=C/CS(C)(=S)=S)C2=C1C#C/C=C\C#C[C@@H]2OC1OC(C)C(SC)(C(=O)c2nccc3c2[nH]c2ccc(O)cc23)C(O)C1OC. The van der Waals surface area contributed by atoms with Gasteiger partial charge in [-0.3, -0.25) is 14.6 Å². The van der Waals surface area contributed by atoms with Crippen LogP contribution >= 0.6 is 11.8 Å². The smallest absolute Gasteiger partial charge is 0.407 e. The maximum absolute atomic E-state index is 14.8. The molecular weight excluding hydrogens is 799 g/mol. The van der Waals surface area contributed by atoms with Crippen LogP contribution in [-0.4, -0.2) is 123 Å². The van der Waals surface area contributed by atoms with Crippen LogP contribution in [0.5, 0.6) is 5.75 Å². The number of aliphatic hydroxyl groups is 2. The Morgan fingerprint density at radius 2 is 1.95 bits per heavy atom. The number of Topliss-reactive ketones (excluding diaryl/α,β-unsaturated/α-hetero) is 2. The van der Waals surface area contributed by atoms with Crippen LogP contribution in [0.15, 0.2) is 65.4 Å². The average Bonchev–Trinajstić information content (AvgIpc) is 3.52. The van der Waals surface area contributed by atoms with E-state index in [-0.39, 0.29) is 33.9 Å². The van der Waals surface area contributed by atoms with Crippen LogP contribution in [0.4, 0.5) is 4.79 Å². The zero-order chi connectivity index (χ0) is 40.5. The number of nitrogens with one attached hydrogen (secondary N) is 2. The monoisotopic (exact) mass is 837 g/mol. The first-order valence-corrected chi connectivity index (χ1v) is 22.5. The Morgan fingerprint density at radius 3 is 2.64 bits per heavy atom. The molecule has 0 bridgehead atoms. The lowest BCUT2D eigenvalue weighted by Gasteiger charge is -2.49. The number of nitrogens with zero attached hydrogens (tertiary/aromatic N) is 1. The van der Waals surface area contributed by atoms with Gasteiger partial charge in [0.2, 0.25) is 5.78 Å². The molecule has 3 aliphatic rings. The summed E-state index contributed by atoms with van der Waals surface area (Å²) in [6.45, 7) is 1.63. The van der Waals surface area contributed by atoms with Crippen LogP contribution in [0, 0.1) is 23.7 Å². The zero-order valence-corrected chi connectivity index (χ0v) is 34.1. The molecule has 5 N–H and O–H groups in total. The van der Waals surface area contributed by atoms with Gasteiger partial charge in [-0.25, -0.2) is 4.79 Å². The summed E-state index contributed by atoms with van der Waals surface area (Å²) < 4.78 is 22.1. The Morgan fingerprint density at radius 1 is 1.20 bits per heavy atom. The molecule has 2 aliphatic carbocycles. The number of benzene rings is 1. The number of aromatic hydroxyl groups is 1. The molecule has 2 aromatic heterocycles. The Labute approximate surface area is 337 Å². The van der Waals surface area contributed by atoms with Crippen LogP contribution in [0.2, 0.25) is 0 Å². The van der Waals surface area contributed by atoms with Gasteiger partial charge in [0.15, 0.2) is 12.1 Å². The van der Waals surface area contributed by atoms with Gasteiger partial charge in [0.05, 0.1) is 24.8 Å². The predicted octanol–water partition coefficient (Wildman–Crippen LogP) is 2.78. The maximum Gasteiger partial charge on any atom is 0.407 e. The second kappa shape index (κ2) is 16.8. The number of amides is 1. The summed E-state index contributed by atoms with van der Waals surface area (Å²) in [4.78, 5) is 48.7. The third kappa shape index (κ3) is 7.89. The van der Waals surface area contributed by atoms with E-state index in [1.165, 1.54) is 31.5 Å². The van der Waals surface area contributed by atoms with Gasteiger partial charge in [0.1, 0.15) is 40.5 Å². The number of fused-ring (bicyclic) bond motifs is 3. The molecule has 56 heavy (non-hydrogen) atoms. The van der Waals surface area contributed by atoms with E-state index < -0.39 is 78.8 Å². The number of aliphatic hydroxyl groups excluding tert-OH is 2. The number of ketones is 2. The van der Waals surface area contributed by atoms with Gasteiger partial charge < -0.3 is 44.6 Å². The van der Waals surface area contributed by atoms with Crippen molar-refractivity contribution in [2.24, 2.45) is 0 Å². The normalized spacial score (nSPS) is 29.2. The quantitative estimate of drug-likeness (QED) is 0.156. The number of carbonyl (C=O) groups is 3. The van der Waals surface area contributed by atoms with Crippen LogP contribution < -0.4 is 5.32 Å². The lowest BCUT2D eigenvalue weighted by molar-refractivity contribution is -0.278. The Kier molecular flexibility index (Phi) is 12.4. The number of methoxy groups -OCH3 is 2. The molecular formula is C39H39N3O10S4. The molecule has 3 heterocycles. The number of rotatable bonds is 9. The van der Waals surface area contributed by atoms with Crippen LogP contribution in [0.3, 0.4) is 0 Å². The summed E-state index contributed by atoms with van der Waals surface area (Å²) in [6.07, 6.45) is 0.177. The van der Waals surface area contributed by atoms with Gasteiger partial charge in [-0.1, -0.05) is 36.9 Å². The second-order valence-electron chi connectivity index (χ2n) is 13.3. The molecule has 0 spiro atoms. The van der Waals surface area contributed by atoms with Gasteiger partial charge in [-0.05, 0) is 83.8 Å². The van der Waals surface area contributed by atoms with E-state index in [1.54, 1.807) is 43.7 Å². The number of aromatic amines is 1. The minimum Gasteiger partial charge on any atom is -0.508 e. The number of hydrogen-bond acceptors (Lipinski definition) is 14. The molecule has 6 rings (SSSR count). The highest BCUT2D eigenvalue weighted by Crippen LogP contribution is 2.45. The fraction of sp³-hybridized carbons (Fsp3) is 0.385. The topological polar surface area (TPSA) is 190 Å². The van der Waals surface area contributed by atoms with E-state index in [1.807, 2.05) is 0 Å². The number of allylic oxidation sites excluding steroid dienone is 2. The highest BCUT2D eigenvalue weighted by Gasteiger charge is 2.60. The summed E-state index contributed by atoms with van der Waals surface area (Å²) in [7, 11) is 0.499. The summed E-state index contributed by atoms with van der Waals surface area (Å²) in [6, 6.07) is 5.18. The molecule has 0 radical (unpaired) electrons. The number of phenols is 1. The first-order valence-electron chi connectivity index (χ1n) is 17.2. The summed E-state index contributed by atoms with van der Waals surface area (Å²) in [5.41, 5.74) is 1.61. The zero-order valence-electron chi connectivity index (χ0n) is 30.9. The number of H-pyrrole nitrogens is 1. The predicted molar refractivity (Wildman–Crippen MR) is 219 cm³/mol. The molecule has 1 amide bonds. The molecule has 1 aliphatic heterocycles. The van der Waals surface area contributed by atoms with Crippen LogP contribution in [-0.2, 0) is 53.3 Å². The van der Waals surface area contributed by atoms with Crippen molar-refractivity contribution in [3.8, 4) is 29.4 Å². The molecule has 8 atom stereocenters. The Hall–Kier alpha value is -4.14. The van der Waals surface area contributed by atoms with Crippen LogP contribution in [0.25, 0.3) is 21.8 Å². The lowest BCUT2D eigenvalue weighted by atomic mass is 9.83. The van der Waals surface area contributed by atoms with Crippen molar-refractivity contribution in [1.82, 2.24) is 15.3 Å². The molecule has 13 nitrogen and oxygen atoms in total.